The van der Waals surface area contributed by atoms with Crippen molar-refractivity contribution in [1.82, 2.24) is 4.57 Å². The van der Waals surface area contributed by atoms with Crippen LogP contribution in [0.3, 0.4) is 0 Å². The molecular weight excluding hydrogens is 733 g/mol. The van der Waals surface area contributed by atoms with E-state index in [1.807, 2.05) is 37.3 Å². The molecule has 0 aliphatic carbocycles. The number of nitrogens with zero attached hydrogens (tertiary/aromatic N) is 2. The summed E-state index contributed by atoms with van der Waals surface area (Å²) >= 11 is 20.3. The number of aromatic nitrogens is 1. The van der Waals surface area contributed by atoms with Crippen molar-refractivity contribution in [3.05, 3.63) is 141 Å². The Hall–Kier alpha value is -4.74. The number of carbonyl (C=O) groups excluding carboxylic acids is 1. The van der Waals surface area contributed by atoms with Crippen LogP contribution in [0.4, 0.5) is 5.69 Å². The van der Waals surface area contributed by atoms with Gasteiger partial charge in [0.05, 0.1) is 48.2 Å². The Labute approximate surface area is 312 Å². The molecule has 13 heteroatoms. The number of fused-ring (bicyclic) bond motifs is 1. The third-order valence-corrected chi connectivity index (χ3v) is 10.2. The fraction of sp³-hybridized carbons (Fsp3) is 0.184. The summed E-state index contributed by atoms with van der Waals surface area (Å²) in [4.78, 5) is 33.6. The fourth-order valence-corrected chi connectivity index (χ4v) is 7.54. The Morgan fingerprint density at radius 3 is 2.35 bits per heavy atom. The zero-order valence-electron chi connectivity index (χ0n) is 28.2. The molecule has 4 aromatic carbocycles. The Morgan fingerprint density at radius 2 is 1.65 bits per heavy atom. The SMILES string of the molecule is COc1ccc([C@@H]2C(C(=O)Nc3ccccc3C)=C(C)N=c3s/c(=C\c4cc(Cl)c(OCc5ccc(Cl)cc5Cl)c(OC)c4)c(=O)n32)cc1OC. The summed E-state index contributed by atoms with van der Waals surface area (Å²) in [6, 6.07) is 20.5. The second kappa shape index (κ2) is 15.2. The highest BCUT2D eigenvalue weighted by molar-refractivity contribution is 7.07. The second-order valence-electron chi connectivity index (χ2n) is 11.5. The van der Waals surface area contributed by atoms with Crippen molar-refractivity contribution in [2.75, 3.05) is 26.6 Å². The smallest absolute Gasteiger partial charge is 0.271 e. The van der Waals surface area contributed by atoms with Crippen LogP contribution < -0.4 is 39.2 Å². The van der Waals surface area contributed by atoms with Gasteiger partial charge in [-0.15, -0.1) is 0 Å². The van der Waals surface area contributed by atoms with Crippen LogP contribution in [-0.4, -0.2) is 31.8 Å². The highest BCUT2D eigenvalue weighted by Crippen LogP contribution is 2.39. The largest absolute Gasteiger partial charge is 0.493 e. The Kier molecular flexibility index (Phi) is 10.8. The van der Waals surface area contributed by atoms with Crippen LogP contribution in [0.1, 0.15) is 35.2 Å². The van der Waals surface area contributed by atoms with Gasteiger partial charge in [-0.05, 0) is 79.1 Å². The molecular formula is C38H32Cl3N3O6S. The molecule has 1 aromatic heterocycles. The van der Waals surface area contributed by atoms with E-state index in [0.29, 0.717) is 70.5 Å². The number of amides is 1. The summed E-state index contributed by atoms with van der Waals surface area (Å²) in [5.74, 6) is 1.26. The van der Waals surface area contributed by atoms with E-state index in [2.05, 4.69) is 5.32 Å². The van der Waals surface area contributed by atoms with Gasteiger partial charge in [0.25, 0.3) is 11.5 Å². The number of ether oxygens (including phenoxy) is 4. The van der Waals surface area contributed by atoms with Gasteiger partial charge in [0.2, 0.25) is 0 Å². The van der Waals surface area contributed by atoms with E-state index in [0.717, 1.165) is 11.1 Å². The van der Waals surface area contributed by atoms with Gasteiger partial charge in [-0.3, -0.25) is 14.2 Å². The molecule has 1 N–H and O–H groups in total. The average Bonchev–Trinajstić information content (AvgIpc) is 3.41. The van der Waals surface area contributed by atoms with E-state index in [9.17, 15) is 9.59 Å². The fourth-order valence-electron chi connectivity index (χ4n) is 5.76. The molecule has 5 aromatic rings. The third kappa shape index (κ3) is 7.36. The topological polar surface area (TPSA) is 100 Å². The van der Waals surface area contributed by atoms with E-state index in [4.69, 9.17) is 58.7 Å². The quantitative estimate of drug-likeness (QED) is 0.156. The first kappa shape index (κ1) is 36.1. The molecule has 1 aliphatic heterocycles. The van der Waals surface area contributed by atoms with Gasteiger partial charge in [-0.25, -0.2) is 4.99 Å². The summed E-state index contributed by atoms with van der Waals surface area (Å²) < 4.78 is 24.6. The number of hydrogen-bond donors (Lipinski definition) is 1. The molecule has 51 heavy (non-hydrogen) atoms. The molecule has 9 nitrogen and oxygen atoms in total. The number of hydrogen-bond acceptors (Lipinski definition) is 8. The van der Waals surface area contributed by atoms with E-state index < -0.39 is 6.04 Å². The van der Waals surface area contributed by atoms with E-state index >= 15 is 0 Å². The van der Waals surface area contributed by atoms with Crippen LogP contribution in [0, 0.1) is 6.92 Å². The first-order valence-corrected chi connectivity index (χ1v) is 17.5. The lowest BCUT2D eigenvalue weighted by atomic mass is 9.94. The molecule has 0 spiro atoms. The minimum absolute atomic E-state index is 0.124. The van der Waals surface area contributed by atoms with Gasteiger partial charge < -0.3 is 24.3 Å². The Bertz CT molecular complexity index is 2390. The molecule has 1 atom stereocenters. The molecule has 0 saturated carbocycles. The van der Waals surface area contributed by atoms with E-state index in [1.54, 1.807) is 62.6 Å². The van der Waals surface area contributed by atoms with E-state index in [-0.39, 0.29) is 23.1 Å². The lowest BCUT2D eigenvalue weighted by molar-refractivity contribution is -0.113. The minimum atomic E-state index is -0.833. The Balaban J connectivity index is 1.43. The summed E-state index contributed by atoms with van der Waals surface area (Å²) in [5, 5.41) is 4.27. The number of allylic oxidation sites excluding steroid dienone is 1. The van der Waals surface area contributed by atoms with Gasteiger partial charge in [0, 0.05) is 21.3 Å². The van der Waals surface area contributed by atoms with Crippen molar-refractivity contribution >= 4 is 63.8 Å². The van der Waals surface area contributed by atoms with Crippen LogP contribution in [0.15, 0.2) is 93.9 Å². The first-order valence-electron chi connectivity index (χ1n) is 15.6. The van der Waals surface area contributed by atoms with E-state index in [1.165, 1.54) is 30.1 Å². The summed E-state index contributed by atoms with van der Waals surface area (Å²) in [5.41, 5.74) is 3.93. The number of aryl methyl sites for hydroxylation is 1. The van der Waals surface area contributed by atoms with Crippen molar-refractivity contribution in [3.8, 4) is 23.0 Å². The second-order valence-corrected chi connectivity index (χ2v) is 13.8. The number of para-hydroxylation sites is 1. The van der Waals surface area contributed by atoms with Crippen molar-refractivity contribution in [2.45, 2.75) is 26.5 Å². The molecule has 1 amide bonds. The standard InChI is InChI=1S/C38H32Cl3N3O6S/c1-20-8-6-7-9-28(20)43-36(45)33-21(2)42-38-44(34(33)23-11-13-29(47-3)30(17-23)48-4)37(46)32(51-38)16-22-14-27(41)35(31(15-22)49-5)50-19-24-10-12-25(39)18-26(24)40/h6-18,34H,19H2,1-5H3,(H,43,45)/b32-16-/t34-/m1/s1. The minimum Gasteiger partial charge on any atom is -0.493 e. The highest BCUT2D eigenvalue weighted by Gasteiger charge is 2.33. The molecule has 0 radical (unpaired) electrons. The molecule has 0 saturated heterocycles. The third-order valence-electron chi connectivity index (χ3n) is 8.32. The lowest BCUT2D eigenvalue weighted by Gasteiger charge is -2.26. The van der Waals surface area contributed by atoms with Gasteiger partial charge in [-0.2, -0.15) is 0 Å². The first-order chi connectivity index (χ1) is 24.5. The maximum absolute atomic E-state index is 14.3. The number of halogens is 3. The molecule has 262 valence electrons. The maximum Gasteiger partial charge on any atom is 0.271 e. The van der Waals surface area contributed by atoms with Gasteiger partial charge in [0.15, 0.2) is 27.8 Å². The maximum atomic E-state index is 14.3. The molecule has 2 heterocycles. The van der Waals surface area contributed by atoms with Crippen LogP contribution in [0.25, 0.3) is 6.08 Å². The normalized spacial score (nSPS) is 14.1. The van der Waals surface area contributed by atoms with Crippen molar-refractivity contribution < 1.29 is 23.7 Å². The number of thiazole rings is 1. The van der Waals surface area contributed by atoms with Crippen LogP contribution in [0.5, 0.6) is 23.0 Å². The predicted octanol–water partition coefficient (Wildman–Crippen LogP) is 7.75. The number of carbonyl (C=O) groups is 1. The summed E-state index contributed by atoms with van der Waals surface area (Å²) in [6.07, 6.45) is 1.70. The highest BCUT2D eigenvalue weighted by atomic mass is 35.5. The summed E-state index contributed by atoms with van der Waals surface area (Å²) in [7, 11) is 4.57. The van der Waals surface area contributed by atoms with Crippen LogP contribution >= 0.6 is 46.1 Å². The molecule has 0 fully saturated rings. The number of methoxy groups -OCH3 is 3. The summed E-state index contributed by atoms with van der Waals surface area (Å²) in [6.45, 7) is 3.80. The van der Waals surface area contributed by atoms with Crippen molar-refractivity contribution in [1.29, 1.82) is 0 Å². The zero-order chi connectivity index (χ0) is 36.4. The lowest BCUT2D eigenvalue weighted by Crippen LogP contribution is -2.40. The van der Waals surface area contributed by atoms with Crippen LogP contribution in [0.2, 0.25) is 15.1 Å². The number of benzene rings is 4. The van der Waals surface area contributed by atoms with Crippen molar-refractivity contribution in [2.24, 2.45) is 4.99 Å². The predicted molar refractivity (Wildman–Crippen MR) is 202 cm³/mol. The van der Waals surface area contributed by atoms with Crippen molar-refractivity contribution in [3.63, 3.8) is 0 Å². The molecule has 6 rings (SSSR count). The number of rotatable bonds is 10. The van der Waals surface area contributed by atoms with Crippen LogP contribution in [-0.2, 0) is 11.4 Å². The average molecular weight is 765 g/mol. The molecule has 0 bridgehead atoms. The van der Waals surface area contributed by atoms with Gasteiger partial charge in [0.1, 0.15) is 6.61 Å². The molecule has 1 aliphatic rings. The van der Waals surface area contributed by atoms with Gasteiger partial charge in [-0.1, -0.05) is 76.5 Å². The zero-order valence-corrected chi connectivity index (χ0v) is 31.3. The molecule has 0 unspecified atom stereocenters. The number of nitrogens with one attached hydrogen (secondary N) is 1. The number of anilines is 1. The monoisotopic (exact) mass is 763 g/mol. The van der Waals surface area contributed by atoms with Gasteiger partial charge >= 0.3 is 0 Å². The Morgan fingerprint density at radius 1 is 0.902 bits per heavy atom.